The van der Waals surface area contributed by atoms with Gasteiger partial charge in [0.2, 0.25) is 0 Å². The molecule has 0 spiro atoms. The number of ether oxygens (including phenoxy) is 2. The third kappa shape index (κ3) is 5.01. The van der Waals surface area contributed by atoms with E-state index in [0.717, 1.165) is 32.8 Å². The highest BCUT2D eigenvalue weighted by atomic mass is 16.5. The van der Waals surface area contributed by atoms with Gasteiger partial charge in [0.15, 0.2) is 0 Å². The molecule has 0 amide bonds. The molecular formula is C16H23N3O2. The van der Waals surface area contributed by atoms with E-state index in [1.54, 1.807) is 6.07 Å². The van der Waals surface area contributed by atoms with Crippen LogP contribution in [0.4, 0.5) is 0 Å². The molecule has 5 nitrogen and oxygen atoms in total. The van der Waals surface area contributed by atoms with Crippen molar-refractivity contribution < 1.29 is 9.47 Å². The maximum Gasteiger partial charge on any atom is 0.137 e. The molecule has 114 valence electrons. The van der Waals surface area contributed by atoms with Crippen LogP contribution in [0, 0.1) is 11.3 Å². The fourth-order valence-electron chi connectivity index (χ4n) is 2.47. The Bertz CT molecular complexity index is 485. The third-order valence-corrected chi connectivity index (χ3v) is 3.46. The van der Waals surface area contributed by atoms with Crippen molar-refractivity contribution in [1.82, 2.24) is 9.80 Å². The SMILES string of the molecule is CN(C)CC1CN(CCOc2ccccc2C#N)CCO1. The van der Waals surface area contributed by atoms with Crippen LogP contribution in [0.5, 0.6) is 5.75 Å². The second kappa shape index (κ2) is 7.99. The Balaban J connectivity index is 1.77. The molecule has 2 rings (SSSR count). The van der Waals surface area contributed by atoms with Gasteiger partial charge >= 0.3 is 0 Å². The number of nitriles is 1. The minimum Gasteiger partial charge on any atom is -0.491 e. The number of rotatable bonds is 6. The zero-order valence-electron chi connectivity index (χ0n) is 12.8. The number of hydrogen-bond donors (Lipinski definition) is 0. The number of morpholine rings is 1. The van der Waals surface area contributed by atoms with Crippen molar-refractivity contribution in [3.8, 4) is 11.8 Å². The van der Waals surface area contributed by atoms with Gasteiger partial charge in [-0.15, -0.1) is 0 Å². The number of hydrogen-bond acceptors (Lipinski definition) is 5. The molecule has 0 aromatic heterocycles. The first-order chi connectivity index (χ1) is 10.2. The van der Waals surface area contributed by atoms with Crippen molar-refractivity contribution in [1.29, 1.82) is 5.26 Å². The van der Waals surface area contributed by atoms with E-state index in [1.165, 1.54) is 0 Å². The van der Waals surface area contributed by atoms with Crippen molar-refractivity contribution in [3.05, 3.63) is 29.8 Å². The van der Waals surface area contributed by atoms with Gasteiger partial charge in [0.1, 0.15) is 18.4 Å². The number of para-hydroxylation sites is 1. The summed E-state index contributed by atoms with van der Waals surface area (Å²) in [6, 6.07) is 9.50. The van der Waals surface area contributed by atoms with Crippen molar-refractivity contribution in [3.63, 3.8) is 0 Å². The van der Waals surface area contributed by atoms with Gasteiger partial charge in [-0.2, -0.15) is 5.26 Å². The minimum atomic E-state index is 0.264. The van der Waals surface area contributed by atoms with Crippen LogP contribution in [0.3, 0.4) is 0 Å². The van der Waals surface area contributed by atoms with Gasteiger partial charge in [-0.3, -0.25) is 4.90 Å². The van der Waals surface area contributed by atoms with E-state index in [1.807, 2.05) is 18.2 Å². The summed E-state index contributed by atoms with van der Waals surface area (Å²) in [6.07, 6.45) is 0.264. The molecular weight excluding hydrogens is 266 g/mol. The van der Waals surface area contributed by atoms with Gasteiger partial charge in [0, 0.05) is 26.2 Å². The summed E-state index contributed by atoms with van der Waals surface area (Å²) < 4.78 is 11.5. The topological polar surface area (TPSA) is 48.7 Å². The average Bonchev–Trinajstić information content (AvgIpc) is 2.47. The van der Waals surface area contributed by atoms with Gasteiger partial charge in [0.05, 0.1) is 18.3 Å². The predicted molar refractivity (Wildman–Crippen MR) is 81.4 cm³/mol. The molecule has 1 fully saturated rings. The Morgan fingerprint density at radius 1 is 1.43 bits per heavy atom. The number of nitrogens with zero attached hydrogens (tertiary/aromatic N) is 3. The molecule has 0 bridgehead atoms. The lowest BCUT2D eigenvalue weighted by Gasteiger charge is -2.34. The maximum absolute atomic E-state index is 9.02. The predicted octanol–water partition coefficient (Wildman–Crippen LogP) is 1.20. The molecule has 0 saturated carbocycles. The zero-order chi connectivity index (χ0) is 15.1. The first-order valence-electron chi connectivity index (χ1n) is 7.29. The van der Waals surface area contributed by atoms with E-state index in [2.05, 4.69) is 30.0 Å². The second-order valence-electron chi connectivity index (χ2n) is 5.51. The van der Waals surface area contributed by atoms with Gasteiger partial charge in [-0.1, -0.05) is 12.1 Å². The summed E-state index contributed by atoms with van der Waals surface area (Å²) in [5, 5.41) is 9.02. The Labute approximate surface area is 126 Å². The Hall–Kier alpha value is -1.61. The lowest BCUT2D eigenvalue weighted by Crippen LogP contribution is -2.47. The van der Waals surface area contributed by atoms with E-state index in [4.69, 9.17) is 14.7 Å². The van der Waals surface area contributed by atoms with Gasteiger partial charge in [0.25, 0.3) is 0 Å². The molecule has 1 aromatic carbocycles. The lowest BCUT2D eigenvalue weighted by atomic mass is 10.2. The fraction of sp³-hybridized carbons (Fsp3) is 0.562. The average molecular weight is 289 g/mol. The summed E-state index contributed by atoms with van der Waals surface area (Å²) in [4.78, 5) is 4.50. The fourth-order valence-corrected chi connectivity index (χ4v) is 2.47. The Morgan fingerprint density at radius 2 is 2.24 bits per heavy atom. The first-order valence-corrected chi connectivity index (χ1v) is 7.29. The standard InChI is InChI=1S/C16H23N3O2/c1-18(2)12-15-13-19(7-9-20-15)8-10-21-16-6-4-3-5-14(16)11-17/h3-6,15H,7-10,12-13H2,1-2H3. The van der Waals surface area contributed by atoms with E-state index in [9.17, 15) is 0 Å². The molecule has 1 atom stereocenters. The molecule has 5 heteroatoms. The third-order valence-electron chi connectivity index (χ3n) is 3.46. The van der Waals surface area contributed by atoms with E-state index in [-0.39, 0.29) is 6.10 Å². The highest BCUT2D eigenvalue weighted by Gasteiger charge is 2.20. The van der Waals surface area contributed by atoms with E-state index in [0.29, 0.717) is 17.9 Å². The lowest BCUT2D eigenvalue weighted by molar-refractivity contribution is -0.0405. The largest absolute Gasteiger partial charge is 0.491 e. The van der Waals surface area contributed by atoms with Crippen LogP contribution in [-0.4, -0.2) is 69.4 Å². The van der Waals surface area contributed by atoms with Gasteiger partial charge < -0.3 is 14.4 Å². The second-order valence-corrected chi connectivity index (χ2v) is 5.51. The molecule has 1 saturated heterocycles. The van der Waals surface area contributed by atoms with Crippen LogP contribution in [0.25, 0.3) is 0 Å². The summed E-state index contributed by atoms with van der Waals surface area (Å²) in [6.45, 7) is 5.02. The molecule has 0 aliphatic carbocycles. The van der Waals surface area contributed by atoms with E-state index < -0.39 is 0 Å². The van der Waals surface area contributed by atoms with Gasteiger partial charge in [-0.25, -0.2) is 0 Å². The molecule has 1 aromatic rings. The highest BCUT2D eigenvalue weighted by molar-refractivity contribution is 5.42. The molecule has 1 heterocycles. The Morgan fingerprint density at radius 3 is 3.00 bits per heavy atom. The van der Waals surface area contributed by atoms with E-state index >= 15 is 0 Å². The van der Waals surface area contributed by atoms with Gasteiger partial charge in [-0.05, 0) is 26.2 Å². The number of benzene rings is 1. The summed E-state index contributed by atoms with van der Waals surface area (Å²) in [5.41, 5.74) is 0.588. The molecule has 0 radical (unpaired) electrons. The molecule has 1 unspecified atom stereocenters. The van der Waals surface area contributed by atoms with Crippen LogP contribution in [0.15, 0.2) is 24.3 Å². The first kappa shape index (κ1) is 15.8. The van der Waals surface area contributed by atoms with Crippen LogP contribution in [0.2, 0.25) is 0 Å². The molecule has 21 heavy (non-hydrogen) atoms. The summed E-state index contributed by atoms with van der Waals surface area (Å²) in [7, 11) is 4.12. The number of likely N-dealkylation sites (N-methyl/N-ethyl adjacent to an activating group) is 1. The van der Waals surface area contributed by atoms with Crippen molar-refractivity contribution in [2.75, 3.05) is 53.5 Å². The maximum atomic E-state index is 9.02. The van der Waals surface area contributed by atoms with Crippen molar-refractivity contribution in [2.24, 2.45) is 0 Å². The zero-order valence-corrected chi connectivity index (χ0v) is 12.8. The van der Waals surface area contributed by atoms with Crippen LogP contribution >= 0.6 is 0 Å². The summed E-state index contributed by atoms with van der Waals surface area (Å²) >= 11 is 0. The highest BCUT2D eigenvalue weighted by Crippen LogP contribution is 2.16. The normalized spacial score (nSPS) is 19.4. The smallest absolute Gasteiger partial charge is 0.137 e. The van der Waals surface area contributed by atoms with Crippen molar-refractivity contribution in [2.45, 2.75) is 6.10 Å². The van der Waals surface area contributed by atoms with Crippen molar-refractivity contribution >= 4 is 0 Å². The molecule has 1 aliphatic rings. The van der Waals surface area contributed by atoms with Crippen LogP contribution in [0.1, 0.15) is 5.56 Å². The van der Waals surface area contributed by atoms with Crippen LogP contribution in [-0.2, 0) is 4.74 Å². The van der Waals surface area contributed by atoms with Crippen LogP contribution < -0.4 is 4.74 Å². The molecule has 0 N–H and O–H groups in total. The summed E-state index contributed by atoms with van der Waals surface area (Å²) in [5.74, 6) is 0.665. The minimum absolute atomic E-state index is 0.264. The monoisotopic (exact) mass is 289 g/mol. The molecule has 1 aliphatic heterocycles. The Kier molecular flexibility index (Phi) is 6.00. The quantitative estimate of drug-likeness (QED) is 0.787.